The topological polar surface area (TPSA) is 108 Å². The highest BCUT2D eigenvalue weighted by atomic mass is 16.5. The Kier molecular flexibility index (Phi) is 6.00. The molecule has 0 spiro atoms. The minimum atomic E-state index is -0.797. The van der Waals surface area contributed by atoms with E-state index >= 15 is 0 Å². The van der Waals surface area contributed by atoms with E-state index in [1.807, 2.05) is 38.1 Å². The molecule has 0 aliphatic carbocycles. The van der Waals surface area contributed by atoms with Crippen molar-refractivity contribution in [3.63, 3.8) is 0 Å². The predicted molar refractivity (Wildman–Crippen MR) is 122 cm³/mol. The second-order valence-electron chi connectivity index (χ2n) is 8.34. The molecule has 1 aromatic carbocycles. The van der Waals surface area contributed by atoms with E-state index in [2.05, 4.69) is 15.2 Å². The first-order chi connectivity index (χ1) is 15.8. The lowest BCUT2D eigenvalue weighted by Gasteiger charge is -2.26. The molecule has 1 aliphatic rings. The molecule has 8 nitrogen and oxygen atoms in total. The smallest absolute Gasteiger partial charge is 0.295 e. The Morgan fingerprint density at radius 1 is 1.21 bits per heavy atom. The zero-order chi connectivity index (χ0) is 23.7. The van der Waals surface area contributed by atoms with Crippen LogP contribution in [0.5, 0.6) is 5.75 Å². The van der Waals surface area contributed by atoms with Crippen molar-refractivity contribution < 1.29 is 19.4 Å². The summed E-state index contributed by atoms with van der Waals surface area (Å²) in [5.41, 5.74) is 3.04. The first-order valence-corrected chi connectivity index (χ1v) is 10.7. The zero-order valence-corrected chi connectivity index (χ0v) is 19.0. The van der Waals surface area contributed by atoms with Gasteiger partial charge in [-0.15, -0.1) is 0 Å². The summed E-state index contributed by atoms with van der Waals surface area (Å²) in [5.74, 6) is -1.05. The summed E-state index contributed by atoms with van der Waals surface area (Å²) in [4.78, 5) is 32.0. The van der Waals surface area contributed by atoms with Gasteiger partial charge in [0.15, 0.2) is 0 Å². The third-order valence-electron chi connectivity index (χ3n) is 5.53. The van der Waals surface area contributed by atoms with E-state index in [1.165, 1.54) is 4.90 Å². The number of hydrogen-bond donors (Lipinski definition) is 2. The van der Waals surface area contributed by atoms with E-state index < -0.39 is 17.7 Å². The van der Waals surface area contributed by atoms with Crippen molar-refractivity contribution in [3.8, 4) is 5.75 Å². The van der Waals surface area contributed by atoms with E-state index in [4.69, 9.17) is 4.74 Å². The lowest BCUT2D eigenvalue weighted by molar-refractivity contribution is -0.140. The summed E-state index contributed by atoms with van der Waals surface area (Å²) in [6, 6.07) is 10.1. The molecule has 0 bridgehead atoms. The molecule has 2 aromatic heterocycles. The van der Waals surface area contributed by atoms with E-state index in [-0.39, 0.29) is 24.0 Å². The van der Waals surface area contributed by atoms with Crippen molar-refractivity contribution in [2.45, 2.75) is 46.4 Å². The fourth-order valence-electron chi connectivity index (χ4n) is 4.14. The number of aliphatic hydroxyl groups is 1. The van der Waals surface area contributed by atoms with Crippen LogP contribution in [0.1, 0.15) is 48.0 Å². The van der Waals surface area contributed by atoms with Crippen LogP contribution in [0.3, 0.4) is 0 Å². The molecule has 1 fully saturated rings. The summed E-state index contributed by atoms with van der Waals surface area (Å²) in [5, 5.41) is 18.2. The van der Waals surface area contributed by atoms with Crippen LogP contribution >= 0.6 is 0 Å². The number of H-pyrrole nitrogens is 1. The number of ketones is 1. The summed E-state index contributed by atoms with van der Waals surface area (Å²) >= 11 is 0. The number of rotatable bonds is 6. The monoisotopic (exact) mass is 446 g/mol. The van der Waals surface area contributed by atoms with Crippen LogP contribution in [0, 0.1) is 13.8 Å². The van der Waals surface area contributed by atoms with E-state index in [9.17, 15) is 14.7 Å². The number of benzene rings is 1. The molecule has 0 unspecified atom stereocenters. The van der Waals surface area contributed by atoms with Gasteiger partial charge < -0.3 is 14.7 Å². The Balaban J connectivity index is 1.89. The number of aromatic nitrogens is 3. The molecule has 1 atom stereocenters. The van der Waals surface area contributed by atoms with Crippen LogP contribution in [0.4, 0.5) is 0 Å². The molecule has 2 N–H and O–H groups in total. The molecule has 0 radical (unpaired) electrons. The first-order valence-electron chi connectivity index (χ1n) is 10.7. The minimum absolute atomic E-state index is 0.0261. The van der Waals surface area contributed by atoms with Gasteiger partial charge in [-0.2, -0.15) is 5.10 Å². The number of amides is 1. The standard InChI is InChI=1S/C25H26N4O4/c1-14(2)33-19-9-5-8-18(11-19)22-21(23(30)20-15(3)27-28-16(20)4)24(31)25(32)29(22)13-17-7-6-10-26-12-17/h5-12,14,22,30H,13H2,1-4H3,(H,27,28)/t22-/m1/s1. The number of nitrogens with one attached hydrogen (secondary N) is 1. The molecule has 1 saturated heterocycles. The Hall–Kier alpha value is -3.94. The van der Waals surface area contributed by atoms with Gasteiger partial charge in [0, 0.05) is 24.6 Å². The van der Waals surface area contributed by atoms with Gasteiger partial charge in [-0.05, 0) is 57.0 Å². The highest BCUT2D eigenvalue weighted by Gasteiger charge is 2.46. The lowest BCUT2D eigenvalue weighted by atomic mass is 9.94. The van der Waals surface area contributed by atoms with Gasteiger partial charge >= 0.3 is 0 Å². The average molecular weight is 447 g/mol. The van der Waals surface area contributed by atoms with Gasteiger partial charge in [-0.1, -0.05) is 18.2 Å². The number of aromatic amines is 1. The second kappa shape index (κ2) is 8.90. The maximum Gasteiger partial charge on any atom is 0.295 e. The van der Waals surface area contributed by atoms with Gasteiger partial charge in [-0.25, -0.2) is 0 Å². The van der Waals surface area contributed by atoms with Crippen LogP contribution in [0.25, 0.3) is 5.76 Å². The molecule has 1 amide bonds. The van der Waals surface area contributed by atoms with Crippen molar-refractivity contribution >= 4 is 17.4 Å². The fourth-order valence-corrected chi connectivity index (χ4v) is 4.14. The number of Topliss-reactive ketones (excluding diaryl/α,β-unsaturated/α-hetero) is 1. The highest BCUT2D eigenvalue weighted by Crippen LogP contribution is 2.41. The predicted octanol–water partition coefficient (Wildman–Crippen LogP) is 3.83. The SMILES string of the molecule is Cc1n[nH]c(C)c1C(O)=C1C(=O)C(=O)N(Cc2cccnc2)[C@@H]1c1cccc(OC(C)C)c1. The molecule has 170 valence electrons. The number of likely N-dealkylation sites (tertiary alicyclic amines) is 1. The van der Waals surface area contributed by atoms with Crippen molar-refractivity contribution in [2.24, 2.45) is 0 Å². The fraction of sp³-hybridized carbons (Fsp3) is 0.280. The maximum absolute atomic E-state index is 13.2. The third-order valence-corrected chi connectivity index (χ3v) is 5.53. The summed E-state index contributed by atoms with van der Waals surface area (Å²) in [6.45, 7) is 7.50. The average Bonchev–Trinajstić information content (AvgIpc) is 3.24. The Morgan fingerprint density at radius 2 is 2.00 bits per heavy atom. The van der Waals surface area contributed by atoms with Crippen molar-refractivity contribution in [1.29, 1.82) is 0 Å². The molecule has 33 heavy (non-hydrogen) atoms. The van der Waals surface area contributed by atoms with Crippen molar-refractivity contribution in [1.82, 2.24) is 20.1 Å². The van der Waals surface area contributed by atoms with Crippen molar-refractivity contribution in [3.05, 3.63) is 82.4 Å². The largest absolute Gasteiger partial charge is 0.507 e. The quantitative estimate of drug-likeness (QED) is 0.338. The number of aryl methyl sites for hydroxylation is 2. The number of carbonyl (C=O) groups excluding carboxylic acids is 2. The maximum atomic E-state index is 13.2. The van der Waals surface area contributed by atoms with Crippen LogP contribution in [-0.4, -0.2) is 43.0 Å². The van der Waals surface area contributed by atoms with E-state index in [1.54, 1.807) is 38.4 Å². The van der Waals surface area contributed by atoms with Gasteiger partial charge in [0.05, 0.1) is 29.0 Å². The van der Waals surface area contributed by atoms with Crippen LogP contribution in [0.2, 0.25) is 0 Å². The molecule has 0 saturated carbocycles. The van der Waals surface area contributed by atoms with Gasteiger partial charge in [0.25, 0.3) is 11.7 Å². The van der Waals surface area contributed by atoms with Gasteiger partial charge in [0.1, 0.15) is 11.5 Å². The molecule has 3 heterocycles. The Bertz CT molecular complexity index is 1210. The molecule has 3 aromatic rings. The third kappa shape index (κ3) is 4.24. The normalized spacial score (nSPS) is 17.7. The van der Waals surface area contributed by atoms with Crippen LogP contribution in [-0.2, 0) is 16.1 Å². The Morgan fingerprint density at radius 3 is 2.64 bits per heavy atom. The summed E-state index contributed by atoms with van der Waals surface area (Å²) < 4.78 is 5.84. The lowest BCUT2D eigenvalue weighted by Crippen LogP contribution is -2.29. The molecular formula is C25H26N4O4. The highest BCUT2D eigenvalue weighted by molar-refractivity contribution is 6.46. The van der Waals surface area contributed by atoms with Gasteiger partial charge in [0.2, 0.25) is 0 Å². The van der Waals surface area contributed by atoms with Crippen molar-refractivity contribution in [2.75, 3.05) is 0 Å². The second-order valence-corrected chi connectivity index (χ2v) is 8.34. The minimum Gasteiger partial charge on any atom is -0.507 e. The van der Waals surface area contributed by atoms with Crippen LogP contribution in [0.15, 0.2) is 54.4 Å². The Labute approximate surface area is 191 Å². The number of hydrogen-bond acceptors (Lipinski definition) is 6. The first kappa shape index (κ1) is 22.3. The van der Waals surface area contributed by atoms with Crippen LogP contribution < -0.4 is 4.74 Å². The summed E-state index contributed by atoms with van der Waals surface area (Å²) in [6.07, 6.45) is 3.25. The number of aliphatic hydroxyl groups excluding tert-OH is 1. The number of ether oxygens (including phenoxy) is 1. The van der Waals surface area contributed by atoms with E-state index in [0.717, 1.165) is 5.56 Å². The number of carbonyl (C=O) groups is 2. The number of nitrogens with zero attached hydrogens (tertiary/aromatic N) is 3. The van der Waals surface area contributed by atoms with Gasteiger partial charge in [-0.3, -0.25) is 19.7 Å². The van der Waals surface area contributed by atoms with E-state index in [0.29, 0.717) is 28.3 Å². The zero-order valence-electron chi connectivity index (χ0n) is 19.0. The molecule has 4 rings (SSSR count). The number of pyridine rings is 1. The summed E-state index contributed by atoms with van der Waals surface area (Å²) in [7, 11) is 0. The molecule has 1 aliphatic heterocycles. The molecular weight excluding hydrogens is 420 g/mol. The molecule has 8 heteroatoms.